The Morgan fingerprint density at radius 1 is 1.27 bits per heavy atom. The molecule has 0 aliphatic heterocycles. The third kappa shape index (κ3) is 3.62. The summed E-state index contributed by atoms with van der Waals surface area (Å²) in [5.74, 6) is 0. The second-order valence-corrected chi connectivity index (χ2v) is 3.34. The van der Waals surface area contributed by atoms with E-state index < -0.39 is 0 Å². The molecule has 0 bridgehead atoms. The second kappa shape index (κ2) is 6.06. The molecule has 1 aromatic rings. The molecule has 3 heteroatoms. The number of amides is 2. The van der Waals surface area contributed by atoms with Gasteiger partial charge >= 0.3 is 6.03 Å². The fourth-order valence-electron chi connectivity index (χ4n) is 1.39. The lowest BCUT2D eigenvalue weighted by Gasteiger charge is -2.20. The van der Waals surface area contributed by atoms with Crippen LogP contribution in [0.2, 0.25) is 0 Å². The third-order valence-corrected chi connectivity index (χ3v) is 2.21. The Kier molecular flexibility index (Phi) is 4.68. The maximum absolute atomic E-state index is 11.6. The standard InChI is InChI=1S/C12H18N2O/c1-3-13-12(15)14(4-2)10-11-8-6-5-7-9-11/h5-9H,3-4,10H2,1-2H3,(H,13,15). The third-order valence-electron chi connectivity index (χ3n) is 2.21. The van der Waals surface area contributed by atoms with Crippen molar-refractivity contribution >= 4 is 6.03 Å². The first kappa shape index (κ1) is 11.6. The first-order valence-electron chi connectivity index (χ1n) is 5.34. The van der Waals surface area contributed by atoms with Crippen molar-refractivity contribution in [3.63, 3.8) is 0 Å². The quantitative estimate of drug-likeness (QED) is 0.805. The number of nitrogens with one attached hydrogen (secondary N) is 1. The number of hydrogen-bond donors (Lipinski definition) is 1. The highest BCUT2D eigenvalue weighted by Gasteiger charge is 2.09. The van der Waals surface area contributed by atoms with Crippen LogP contribution in [0, 0.1) is 0 Å². The zero-order chi connectivity index (χ0) is 11.1. The van der Waals surface area contributed by atoms with E-state index in [0.717, 1.165) is 12.1 Å². The zero-order valence-corrected chi connectivity index (χ0v) is 9.36. The molecule has 0 heterocycles. The van der Waals surface area contributed by atoms with Crippen LogP contribution in [0.1, 0.15) is 19.4 Å². The van der Waals surface area contributed by atoms with Crippen molar-refractivity contribution in [1.29, 1.82) is 0 Å². The fraction of sp³-hybridized carbons (Fsp3) is 0.417. The van der Waals surface area contributed by atoms with Gasteiger partial charge in [-0.15, -0.1) is 0 Å². The maximum Gasteiger partial charge on any atom is 0.317 e. The minimum atomic E-state index is 0.00357. The Hall–Kier alpha value is -1.51. The molecule has 0 atom stereocenters. The molecule has 82 valence electrons. The summed E-state index contributed by atoms with van der Waals surface area (Å²) in [5, 5.41) is 2.80. The monoisotopic (exact) mass is 206 g/mol. The molecule has 15 heavy (non-hydrogen) atoms. The van der Waals surface area contributed by atoms with Gasteiger partial charge in [0.1, 0.15) is 0 Å². The topological polar surface area (TPSA) is 32.3 Å². The molecule has 0 saturated heterocycles. The fourth-order valence-corrected chi connectivity index (χ4v) is 1.39. The lowest BCUT2D eigenvalue weighted by atomic mass is 10.2. The number of carbonyl (C=O) groups is 1. The molecule has 3 nitrogen and oxygen atoms in total. The van der Waals surface area contributed by atoms with Crippen LogP contribution in [0.15, 0.2) is 30.3 Å². The average Bonchev–Trinajstić information content (AvgIpc) is 2.27. The lowest BCUT2D eigenvalue weighted by Crippen LogP contribution is -2.39. The summed E-state index contributed by atoms with van der Waals surface area (Å²) in [6.45, 7) is 5.97. The molecule has 1 N–H and O–H groups in total. The molecule has 0 aliphatic carbocycles. The van der Waals surface area contributed by atoms with Crippen LogP contribution < -0.4 is 5.32 Å². The van der Waals surface area contributed by atoms with Crippen molar-refractivity contribution in [3.8, 4) is 0 Å². The zero-order valence-electron chi connectivity index (χ0n) is 9.36. The molecule has 0 aliphatic rings. The molecule has 1 rings (SSSR count). The van der Waals surface area contributed by atoms with Crippen molar-refractivity contribution in [1.82, 2.24) is 10.2 Å². The molecule has 0 saturated carbocycles. The molecular weight excluding hydrogens is 188 g/mol. The van der Waals surface area contributed by atoms with E-state index in [-0.39, 0.29) is 6.03 Å². The minimum absolute atomic E-state index is 0.00357. The smallest absolute Gasteiger partial charge is 0.317 e. The van der Waals surface area contributed by atoms with Crippen LogP contribution >= 0.6 is 0 Å². The Morgan fingerprint density at radius 3 is 2.47 bits per heavy atom. The summed E-state index contributed by atoms with van der Waals surface area (Å²) in [7, 11) is 0. The van der Waals surface area contributed by atoms with Crippen molar-refractivity contribution in [2.24, 2.45) is 0 Å². The largest absolute Gasteiger partial charge is 0.338 e. The maximum atomic E-state index is 11.6. The van der Waals surface area contributed by atoms with Crippen molar-refractivity contribution in [3.05, 3.63) is 35.9 Å². The van der Waals surface area contributed by atoms with Gasteiger partial charge in [0.2, 0.25) is 0 Å². The summed E-state index contributed by atoms with van der Waals surface area (Å²) in [6.07, 6.45) is 0. The van der Waals surface area contributed by atoms with E-state index in [2.05, 4.69) is 5.32 Å². The normalized spacial score (nSPS) is 9.73. The summed E-state index contributed by atoms with van der Waals surface area (Å²) in [5.41, 5.74) is 1.16. The first-order chi connectivity index (χ1) is 7.27. The summed E-state index contributed by atoms with van der Waals surface area (Å²) >= 11 is 0. The Bertz CT molecular complexity index is 298. The molecule has 0 unspecified atom stereocenters. The lowest BCUT2D eigenvalue weighted by molar-refractivity contribution is 0.198. The molecule has 0 spiro atoms. The van der Waals surface area contributed by atoms with Gasteiger partial charge in [-0.05, 0) is 19.4 Å². The number of carbonyl (C=O) groups excluding carboxylic acids is 1. The highest BCUT2D eigenvalue weighted by Crippen LogP contribution is 2.03. The predicted octanol–water partition coefficient (Wildman–Crippen LogP) is 2.24. The van der Waals surface area contributed by atoms with Gasteiger partial charge in [-0.3, -0.25) is 0 Å². The van der Waals surface area contributed by atoms with Gasteiger partial charge in [0.05, 0.1) is 0 Å². The summed E-state index contributed by atoms with van der Waals surface area (Å²) in [4.78, 5) is 13.4. The molecule has 2 amide bonds. The molecule has 0 aromatic heterocycles. The van der Waals surface area contributed by atoms with Crippen LogP contribution in [0.3, 0.4) is 0 Å². The van der Waals surface area contributed by atoms with Crippen LogP contribution in [-0.2, 0) is 6.54 Å². The number of benzene rings is 1. The van der Waals surface area contributed by atoms with Gasteiger partial charge < -0.3 is 10.2 Å². The van der Waals surface area contributed by atoms with Crippen LogP contribution in [-0.4, -0.2) is 24.0 Å². The SMILES string of the molecule is CCNC(=O)N(CC)Cc1ccccc1. The number of hydrogen-bond acceptors (Lipinski definition) is 1. The van der Waals surface area contributed by atoms with Crippen molar-refractivity contribution in [2.75, 3.05) is 13.1 Å². The van der Waals surface area contributed by atoms with Gasteiger partial charge in [-0.2, -0.15) is 0 Å². The van der Waals surface area contributed by atoms with Gasteiger partial charge in [0, 0.05) is 19.6 Å². The molecule has 1 aromatic carbocycles. The molecular formula is C12H18N2O. The summed E-state index contributed by atoms with van der Waals surface area (Å²) < 4.78 is 0. The van der Waals surface area contributed by atoms with Crippen LogP contribution in [0.5, 0.6) is 0 Å². The number of nitrogens with zero attached hydrogens (tertiary/aromatic N) is 1. The van der Waals surface area contributed by atoms with Crippen molar-refractivity contribution < 1.29 is 4.79 Å². The number of rotatable bonds is 4. The predicted molar refractivity (Wildman–Crippen MR) is 61.6 cm³/mol. The van der Waals surface area contributed by atoms with E-state index in [1.54, 1.807) is 4.90 Å². The second-order valence-electron chi connectivity index (χ2n) is 3.34. The minimum Gasteiger partial charge on any atom is -0.338 e. The number of urea groups is 1. The highest BCUT2D eigenvalue weighted by atomic mass is 16.2. The van der Waals surface area contributed by atoms with E-state index in [9.17, 15) is 4.79 Å². The first-order valence-corrected chi connectivity index (χ1v) is 5.34. The van der Waals surface area contributed by atoms with Gasteiger partial charge in [0.15, 0.2) is 0 Å². The van der Waals surface area contributed by atoms with Crippen LogP contribution in [0.25, 0.3) is 0 Å². The van der Waals surface area contributed by atoms with E-state index in [1.807, 2.05) is 44.2 Å². The van der Waals surface area contributed by atoms with E-state index >= 15 is 0 Å². The van der Waals surface area contributed by atoms with Gasteiger partial charge in [-0.25, -0.2) is 4.79 Å². The van der Waals surface area contributed by atoms with Crippen LogP contribution in [0.4, 0.5) is 4.79 Å². The Balaban J connectivity index is 2.58. The Morgan fingerprint density at radius 2 is 1.93 bits per heavy atom. The summed E-state index contributed by atoms with van der Waals surface area (Å²) in [6, 6.07) is 10.0. The van der Waals surface area contributed by atoms with E-state index in [1.165, 1.54) is 0 Å². The Labute approximate surface area is 91.1 Å². The van der Waals surface area contributed by atoms with E-state index in [0.29, 0.717) is 13.1 Å². The van der Waals surface area contributed by atoms with Gasteiger partial charge in [0.25, 0.3) is 0 Å². The van der Waals surface area contributed by atoms with Gasteiger partial charge in [-0.1, -0.05) is 30.3 Å². The molecule has 0 radical (unpaired) electrons. The van der Waals surface area contributed by atoms with Crippen molar-refractivity contribution in [2.45, 2.75) is 20.4 Å². The van der Waals surface area contributed by atoms with E-state index in [4.69, 9.17) is 0 Å². The highest BCUT2D eigenvalue weighted by molar-refractivity contribution is 5.74. The average molecular weight is 206 g/mol. The molecule has 0 fully saturated rings.